The number of Topliss-reactive ketones (excluding diaryl/α,β-unsaturated/α-hetero) is 1. The molecule has 0 radical (unpaired) electrons. The van der Waals surface area contributed by atoms with E-state index >= 15 is 0 Å². The second-order valence-corrected chi connectivity index (χ2v) is 6.96. The summed E-state index contributed by atoms with van der Waals surface area (Å²) >= 11 is 0. The molecule has 0 aliphatic carbocycles. The summed E-state index contributed by atoms with van der Waals surface area (Å²) in [6.07, 6.45) is 0. The van der Waals surface area contributed by atoms with Gasteiger partial charge in [-0.3, -0.25) is 14.4 Å². The van der Waals surface area contributed by atoms with Crippen LogP contribution in [0.5, 0.6) is 11.5 Å². The summed E-state index contributed by atoms with van der Waals surface area (Å²) in [6.45, 7) is 1.63. The van der Waals surface area contributed by atoms with Gasteiger partial charge in [-0.25, -0.2) is 0 Å². The topological polar surface area (TPSA) is 105 Å². The van der Waals surface area contributed by atoms with Crippen molar-refractivity contribution in [1.29, 1.82) is 0 Å². The molecule has 1 unspecified atom stereocenters. The van der Waals surface area contributed by atoms with Gasteiger partial charge in [0, 0.05) is 25.6 Å². The molecule has 1 aliphatic rings. The smallest absolute Gasteiger partial charge is 0.295 e. The molecule has 0 aromatic heterocycles. The molecule has 0 saturated carbocycles. The first-order valence-corrected chi connectivity index (χ1v) is 9.69. The van der Waals surface area contributed by atoms with Crippen LogP contribution in [0.2, 0.25) is 0 Å². The number of carbonyl (C=O) groups excluding carboxylic acids is 3. The molecule has 0 spiro atoms. The van der Waals surface area contributed by atoms with Crippen LogP contribution in [0.25, 0.3) is 5.76 Å². The Morgan fingerprint density at radius 2 is 1.74 bits per heavy atom. The Hall–Kier alpha value is -3.81. The van der Waals surface area contributed by atoms with Gasteiger partial charge in [0.1, 0.15) is 5.76 Å². The highest BCUT2D eigenvalue weighted by Crippen LogP contribution is 2.41. The fraction of sp³-hybridized carbons (Fsp3) is 0.261. The van der Waals surface area contributed by atoms with Crippen LogP contribution in [0.15, 0.2) is 54.1 Å². The van der Waals surface area contributed by atoms with Crippen LogP contribution in [0.1, 0.15) is 24.1 Å². The molecule has 8 heteroatoms. The van der Waals surface area contributed by atoms with Crippen molar-refractivity contribution in [2.75, 3.05) is 27.3 Å². The van der Waals surface area contributed by atoms with E-state index in [2.05, 4.69) is 5.32 Å². The molecule has 2 N–H and O–H groups in total. The molecule has 1 heterocycles. The number of nitrogens with zero attached hydrogens (tertiary/aromatic N) is 1. The Balaban J connectivity index is 2.14. The lowest BCUT2D eigenvalue weighted by molar-refractivity contribution is -0.140. The van der Waals surface area contributed by atoms with Crippen molar-refractivity contribution < 1.29 is 29.0 Å². The Labute approximate surface area is 180 Å². The normalized spacial score (nSPS) is 17.5. The summed E-state index contributed by atoms with van der Waals surface area (Å²) < 4.78 is 10.6. The summed E-state index contributed by atoms with van der Waals surface area (Å²) in [5.74, 6) is -1.13. The van der Waals surface area contributed by atoms with Gasteiger partial charge in [-0.2, -0.15) is 0 Å². The number of rotatable bonds is 7. The zero-order valence-electron chi connectivity index (χ0n) is 17.5. The number of nitrogens with one attached hydrogen (secondary N) is 1. The first kappa shape index (κ1) is 21.9. The first-order chi connectivity index (χ1) is 14.9. The van der Waals surface area contributed by atoms with Crippen LogP contribution < -0.4 is 14.8 Å². The van der Waals surface area contributed by atoms with Gasteiger partial charge < -0.3 is 24.8 Å². The molecule has 1 saturated heterocycles. The summed E-state index contributed by atoms with van der Waals surface area (Å²) in [4.78, 5) is 38.4. The second kappa shape index (κ2) is 9.34. The second-order valence-electron chi connectivity index (χ2n) is 6.96. The molecule has 1 aliphatic heterocycles. The lowest BCUT2D eigenvalue weighted by atomic mass is 9.95. The standard InChI is InChI=1S/C23H24N2O6/c1-14(26)24-11-12-25-20(16-9-10-17(30-2)18(13-16)31-3)19(22(28)23(25)29)21(27)15-7-5-4-6-8-15/h4-10,13,20,27H,11-12H2,1-3H3,(H,24,26)/b21-19+. The van der Waals surface area contributed by atoms with Gasteiger partial charge in [0.15, 0.2) is 11.5 Å². The number of aliphatic hydroxyl groups is 1. The molecule has 1 fully saturated rings. The van der Waals surface area contributed by atoms with Gasteiger partial charge in [0.2, 0.25) is 5.91 Å². The molecule has 3 rings (SSSR count). The number of methoxy groups -OCH3 is 2. The van der Waals surface area contributed by atoms with E-state index in [-0.39, 0.29) is 30.3 Å². The van der Waals surface area contributed by atoms with Gasteiger partial charge in [0.25, 0.3) is 11.7 Å². The Morgan fingerprint density at radius 3 is 2.35 bits per heavy atom. The van der Waals surface area contributed by atoms with Gasteiger partial charge in [-0.15, -0.1) is 0 Å². The maximum Gasteiger partial charge on any atom is 0.295 e. The van der Waals surface area contributed by atoms with Crippen LogP contribution in [0, 0.1) is 0 Å². The molecule has 1 atom stereocenters. The van der Waals surface area contributed by atoms with E-state index in [0.29, 0.717) is 22.6 Å². The maximum absolute atomic E-state index is 12.9. The lowest BCUT2D eigenvalue weighted by Gasteiger charge is -2.26. The Kier molecular flexibility index (Phi) is 6.59. The van der Waals surface area contributed by atoms with Gasteiger partial charge >= 0.3 is 0 Å². The number of carbonyl (C=O) groups is 3. The highest BCUT2D eigenvalue weighted by molar-refractivity contribution is 6.46. The predicted molar refractivity (Wildman–Crippen MR) is 114 cm³/mol. The quantitative estimate of drug-likeness (QED) is 0.401. The van der Waals surface area contributed by atoms with Crippen molar-refractivity contribution in [3.8, 4) is 11.5 Å². The van der Waals surface area contributed by atoms with Crippen molar-refractivity contribution in [2.45, 2.75) is 13.0 Å². The minimum atomic E-state index is -0.853. The number of benzene rings is 2. The van der Waals surface area contributed by atoms with E-state index in [9.17, 15) is 19.5 Å². The number of ether oxygens (including phenoxy) is 2. The number of hydrogen-bond donors (Lipinski definition) is 2. The highest BCUT2D eigenvalue weighted by atomic mass is 16.5. The van der Waals surface area contributed by atoms with Crippen molar-refractivity contribution in [3.63, 3.8) is 0 Å². The third kappa shape index (κ3) is 4.37. The van der Waals surface area contributed by atoms with Crippen LogP contribution in [-0.4, -0.2) is 54.9 Å². The van der Waals surface area contributed by atoms with E-state index in [1.165, 1.54) is 26.0 Å². The zero-order chi connectivity index (χ0) is 22.5. The van der Waals surface area contributed by atoms with E-state index in [1.807, 2.05) is 0 Å². The minimum Gasteiger partial charge on any atom is -0.507 e. The third-order valence-electron chi connectivity index (χ3n) is 5.04. The van der Waals surface area contributed by atoms with Gasteiger partial charge in [-0.1, -0.05) is 36.4 Å². The molecular weight excluding hydrogens is 400 g/mol. The molecule has 2 amide bonds. The van der Waals surface area contributed by atoms with E-state index in [1.54, 1.807) is 48.5 Å². The molecule has 31 heavy (non-hydrogen) atoms. The van der Waals surface area contributed by atoms with Crippen LogP contribution in [-0.2, 0) is 14.4 Å². The SMILES string of the molecule is COc1ccc(C2/C(=C(\O)c3ccccc3)C(=O)C(=O)N2CCNC(C)=O)cc1OC. The van der Waals surface area contributed by atoms with Crippen molar-refractivity contribution in [2.24, 2.45) is 0 Å². The van der Waals surface area contributed by atoms with Gasteiger partial charge in [-0.05, 0) is 17.7 Å². The number of ketones is 1. The van der Waals surface area contributed by atoms with E-state index < -0.39 is 17.7 Å². The summed E-state index contributed by atoms with van der Waals surface area (Å²) in [7, 11) is 2.99. The summed E-state index contributed by atoms with van der Waals surface area (Å²) in [5, 5.41) is 13.6. The molecule has 162 valence electrons. The number of amides is 2. The van der Waals surface area contributed by atoms with Crippen molar-refractivity contribution in [3.05, 3.63) is 65.2 Å². The van der Waals surface area contributed by atoms with Crippen molar-refractivity contribution >= 4 is 23.4 Å². The molecule has 8 nitrogen and oxygen atoms in total. The summed E-state index contributed by atoms with van der Waals surface area (Å²) in [6, 6.07) is 12.8. The monoisotopic (exact) mass is 424 g/mol. The number of aliphatic hydroxyl groups excluding tert-OH is 1. The average Bonchev–Trinajstić information content (AvgIpc) is 3.03. The summed E-state index contributed by atoms with van der Waals surface area (Å²) in [5.41, 5.74) is 0.969. The lowest BCUT2D eigenvalue weighted by Crippen LogP contribution is -2.37. The average molecular weight is 424 g/mol. The molecular formula is C23H24N2O6. The Bertz CT molecular complexity index is 1030. The van der Waals surface area contributed by atoms with E-state index in [4.69, 9.17) is 9.47 Å². The highest BCUT2D eigenvalue weighted by Gasteiger charge is 2.46. The van der Waals surface area contributed by atoms with Crippen LogP contribution in [0.3, 0.4) is 0 Å². The molecule has 0 bridgehead atoms. The van der Waals surface area contributed by atoms with Gasteiger partial charge in [0.05, 0.1) is 25.8 Å². The number of likely N-dealkylation sites (tertiary alicyclic amines) is 1. The minimum absolute atomic E-state index is 0.0220. The fourth-order valence-electron chi connectivity index (χ4n) is 3.58. The molecule has 2 aromatic carbocycles. The number of hydrogen-bond acceptors (Lipinski definition) is 6. The van der Waals surface area contributed by atoms with E-state index in [0.717, 1.165) is 0 Å². The van der Waals surface area contributed by atoms with Crippen molar-refractivity contribution in [1.82, 2.24) is 10.2 Å². The first-order valence-electron chi connectivity index (χ1n) is 9.69. The predicted octanol–water partition coefficient (Wildman–Crippen LogP) is 2.26. The fourth-order valence-corrected chi connectivity index (χ4v) is 3.58. The van der Waals surface area contributed by atoms with Crippen LogP contribution >= 0.6 is 0 Å². The van der Waals surface area contributed by atoms with Crippen LogP contribution in [0.4, 0.5) is 0 Å². The Morgan fingerprint density at radius 1 is 1.06 bits per heavy atom. The maximum atomic E-state index is 12.9. The zero-order valence-corrected chi connectivity index (χ0v) is 17.5. The molecule has 2 aromatic rings. The third-order valence-corrected chi connectivity index (χ3v) is 5.04. The largest absolute Gasteiger partial charge is 0.507 e.